The van der Waals surface area contributed by atoms with Gasteiger partial charge in [-0.1, -0.05) is 29.3 Å². The molecule has 2 aromatic heterocycles. The molecule has 35 heavy (non-hydrogen) atoms. The van der Waals surface area contributed by atoms with E-state index in [9.17, 15) is 9.59 Å². The SMILES string of the molecule is CCOc1cc(C(c2c(C)[nH][nH]c2=O)c2c(C)[nH][nH]c2=O)cc(I)c1OCc1ccc(Cl)cc1Cl. The summed E-state index contributed by atoms with van der Waals surface area (Å²) in [5.74, 6) is 0.409. The molecule has 0 atom stereocenters. The van der Waals surface area contributed by atoms with Gasteiger partial charge in [0, 0.05) is 32.9 Å². The van der Waals surface area contributed by atoms with Crippen molar-refractivity contribution in [2.24, 2.45) is 0 Å². The number of hydrogen-bond acceptors (Lipinski definition) is 4. The highest BCUT2D eigenvalue weighted by molar-refractivity contribution is 14.1. The van der Waals surface area contributed by atoms with E-state index in [4.69, 9.17) is 32.7 Å². The highest BCUT2D eigenvalue weighted by atomic mass is 127. The Hall–Kier alpha value is -2.63. The highest BCUT2D eigenvalue weighted by Crippen LogP contribution is 2.40. The van der Waals surface area contributed by atoms with Crippen LogP contribution in [0.3, 0.4) is 0 Å². The van der Waals surface area contributed by atoms with Gasteiger partial charge in [0.15, 0.2) is 11.5 Å². The molecule has 0 amide bonds. The van der Waals surface area contributed by atoms with E-state index in [2.05, 4.69) is 43.0 Å². The van der Waals surface area contributed by atoms with Gasteiger partial charge >= 0.3 is 0 Å². The third-order valence-corrected chi connectivity index (χ3v) is 7.04. The zero-order chi connectivity index (χ0) is 25.3. The fraction of sp³-hybridized carbons (Fsp3) is 0.250. The number of aromatic nitrogens is 4. The number of nitrogens with one attached hydrogen (secondary N) is 4. The second-order valence-electron chi connectivity index (χ2n) is 7.96. The van der Waals surface area contributed by atoms with E-state index >= 15 is 0 Å². The van der Waals surface area contributed by atoms with Crippen molar-refractivity contribution in [2.75, 3.05) is 6.61 Å². The van der Waals surface area contributed by atoms with Crippen LogP contribution in [0.2, 0.25) is 10.0 Å². The lowest BCUT2D eigenvalue weighted by molar-refractivity contribution is 0.267. The monoisotopic (exact) mass is 628 g/mol. The Morgan fingerprint density at radius 3 is 2.06 bits per heavy atom. The molecule has 0 fully saturated rings. The van der Waals surface area contributed by atoms with E-state index in [1.54, 1.807) is 26.0 Å². The Morgan fingerprint density at radius 1 is 0.914 bits per heavy atom. The first-order valence-corrected chi connectivity index (χ1v) is 12.6. The maximum atomic E-state index is 12.8. The Labute approximate surface area is 224 Å². The second-order valence-corrected chi connectivity index (χ2v) is 9.96. The van der Waals surface area contributed by atoms with E-state index in [1.165, 1.54) is 0 Å². The minimum atomic E-state index is -0.632. The lowest BCUT2D eigenvalue weighted by Gasteiger charge is -2.20. The molecular weight excluding hydrogens is 606 g/mol. The summed E-state index contributed by atoms with van der Waals surface area (Å²) in [7, 11) is 0. The molecule has 0 aliphatic rings. The fourth-order valence-electron chi connectivity index (χ4n) is 4.03. The molecule has 2 heterocycles. The molecule has 4 aromatic rings. The third-order valence-electron chi connectivity index (χ3n) is 5.65. The van der Waals surface area contributed by atoms with Crippen LogP contribution in [0.1, 0.15) is 46.5 Å². The van der Waals surface area contributed by atoms with Gasteiger partial charge in [-0.2, -0.15) is 0 Å². The van der Waals surface area contributed by atoms with E-state index in [0.717, 1.165) is 14.7 Å². The third kappa shape index (κ3) is 5.17. The molecule has 0 saturated heterocycles. The maximum absolute atomic E-state index is 12.8. The van der Waals surface area contributed by atoms with Gasteiger partial charge in [-0.05, 0) is 73.2 Å². The van der Waals surface area contributed by atoms with Crippen LogP contribution < -0.4 is 20.6 Å². The zero-order valence-electron chi connectivity index (χ0n) is 19.1. The van der Waals surface area contributed by atoms with E-state index in [0.29, 0.717) is 50.7 Å². The maximum Gasteiger partial charge on any atom is 0.268 e. The van der Waals surface area contributed by atoms with Gasteiger partial charge in [-0.15, -0.1) is 0 Å². The summed E-state index contributed by atoms with van der Waals surface area (Å²) in [6.45, 7) is 6.06. The number of aromatic amines is 4. The van der Waals surface area contributed by atoms with Crippen LogP contribution in [0.15, 0.2) is 39.9 Å². The Kier molecular flexibility index (Phi) is 7.67. The van der Waals surface area contributed by atoms with E-state index < -0.39 is 5.92 Å². The number of benzene rings is 2. The average molecular weight is 629 g/mol. The second kappa shape index (κ2) is 10.5. The Morgan fingerprint density at radius 2 is 1.54 bits per heavy atom. The molecule has 11 heteroatoms. The van der Waals surface area contributed by atoms with Gasteiger partial charge in [-0.3, -0.25) is 19.8 Å². The molecule has 0 spiro atoms. The van der Waals surface area contributed by atoms with Crippen LogP contribution >= 0.6 is 45.8 Å². The van der Waals surface area contributed by atoms with Crippen molar-refractivity contribution in [2.45, 2.75) is 33.3 Å². The lowest BCUT2D eigenvalue weighted by atomic mass is 9.85. The van der Waals surface area contributed by atoms with Crippen LogP contribution in [0.25, 0.3) is 0 Å². The van der Waals surface area contributed by atoms with Crippen molar-refractivity contribution in [3.8, 4) is 11.5 Å². The minimum Gasteiger partial charge on any atom is -0.490 e. The molecule has 4 N–H and O–H groups in total. The predicted octanol–water partition coefficient (Wildman–Crippen LogP) is 5.41. The predicted molar refractivity (Wildman–Crippen MR) is 144 cm³/mol. The topological polar surface area (TPSA) is 116 Å². The standard InChI is InChI=1S/C24H23Cl2IN4O4/c1-4-34-18-8-14(7-17(27)22(18)35-10-13-5-6-15(25)9-16(13)26)21(19-11(2)28-30-23(19)32)20-12(3)29-31-24(20)33/h5-9,21H,4,10H2,1-3H3,(H2,28,30,32)(H2,29,31,33). The fourth-order valence-corrected chi connectivity index (χ4v) is 5.27. The van der Waals surface area contributed by atoms with Crippen molar-refractivity contribution >= 4 is 45.8 Å². The molecule has 2 aromatic carbocycles. The molecule has 4 rings (SSSR count). The molecular formula is C24H23Cl2IN4O4. The van der Waals surface area contributed by atoms with Crippen LogP contribution in [-0.4, -0.2) is 27.0 Å². The largest absolute Gasteiger partial charge is 0.490 e. The van der Waals surface area contributed by atoms with Crippen molar-refractivity contribution in [1.29, 1.82) is 0 Å². The Balaban J connectivity index is 1.82. The minimum absolute atomic E-state index is 0.210. The number of halogens is 3. The molecule has 0 aliphatic carbocycles. The quantitative estimate of drug-likeness (QED) is 0.195. The Bertz CT molecular complexity index is 1430. The summed E-state index contributed by atoms with van der Waals surface area (Å²) < 4.78 is 12.8. The number of hydrogen-bond donors (Lipinski definition) is 4. The summed E-state index contributed by atoms with van der Waals surface area (Å²) in [6.07, 6.45) is 0. The van der Waals surface area contributed by atoms with Gasteiger partial charge in [0.05, 0.1) is 21.3 Å². The summed E-state index contributed by atoms with van der Waals surface area (Å²) in [5.41, 5.74) is 3.11. The van der Waals surface area contributed by atoms with Crippen LogP contribution in [0.4, 0.5) is 0 Å². The summed E-state index contributed by atoms with van der Waals surface area (Å²) in [5, 5.41) is 12.0. The molecule has 0 saturated carbocycles. The molecule has 0 aliphatic heterocycles. The molecule has 0 bridgehead atoms. The van der Waals surface area contributed by atoms with Crippen LogP contribution in [0, 0.1) is 17.4 Å². The molecule has 0 unspecified atom stereocenters. The molecule has 0 radical (unpaired) electrons. The lowest BCUT2D eigenvalue weighted by Crippen LogP contribution is -2.20. The smallest absolute Gasteiger partial charge is 0.268 e. The van der Waals surface area contributed by atoms with Crippen molar-refractivity contribution in [3.05, 3.63) is 98.3 Å². The highest BCUT2D eigenvalue weighted by Gasteiger charge is 2.30. The van der Waals surface area contributed by atoms with Crippen molar-refractivity contribution < 1.29 is 9.47 Å². The molecule has 8 nitrogen and oxygen atoms in total. The van der Waals surface area contributed by atoms with Crippen molar-refractivity contribution in [3.63, 3.8) is 0 Å². The van der Waals surface area contributed by atoms with Gasteiger partial charge in [0.1, 0.15) is 6.61 Å². The summed E-state index contributed by atoms with van der Waals surface area (Å²) >= 11 is 14.5. The first-order chi connectivity index (χ1) is 16.7. The number of ether oxygens (including phenoxy) is 2. The first-order valence-electron chi connectivity index (χ1n) is 10.8. The normalized spacial score (nSPS) is 11.3. The number of H-pyrrole nitrogens is 4. The number of rotatable bonds is 8. The average Bonchev–Trinajstić information content (AvgIpc) is 3.31. The van der Waals surface area contributed by atoms with E-state index in [1.807, 2.05) is 25.1 Å². The van der Waals surface area contributed by atoms with Gasteiger partial charge < -0.3 is 19.7 Å². The number of aryl methyl sites for hydroxylation is 2. The van der Waals surface area contributed by atoms with Crippen LogP contribution in [-0.2, 0) is 6.61 Å². The van der Waals surface area contributed by atoms with E-state index in [-0.39, 0.29) is 17.7 Å². The summed E-state index contributed by atoms with van der Waals surface area (Å²) in [6, 6.07) is 8.93. The van der Waals surface area contributed by atoms with Crippen LogP contribution in [0.5, 0.6) is 11.5 Å². The molecule has 184 valence electrons. The van der Waals surface area contributed by atoms with Gasteiger partial charge in [-0.25, -0.2) is 0 Å². The van der Waals surface area contributed by atoms with Gasteiger partial charge in [0.2, 0.25) is 0 Å². The summed E-state index contributed by atoms with van der Waals surface area (Å²) in [4.78, 5) is 25.5. The zero-order valence-corrected chi connectivity index (χ0v) is 22.8. The van der Waals surface area contributed by atoms with Crippen molar-refractivity contribution in [1.82, 2.24) is 20.4 Å². The van der Waals surface area contributed by atoms with Gasteiger partial charge in [0.25, 0.3) is 11.1 Å². The first kappa shape index (κ1) is 25.5.